The van der Waals surface area contributed by atoms with Gasteiger partial charge in [-0.05, 0) is 87.9 Å². The number of ether oxygens (including phenoxy) is 1. The third-order valence-electron chi connectivity index (χ3n) is 7.90. The summed E-state index contributed by atoms with van der Waals surface area (Å²) in [6.45, 7) is 14.2. The highest BCUT2D eigenvalue weighted by molar-refractivity contribution is 7.80. The minimum Gasteiger partial charge on any atom is -0.497 e. The van der Waals surface area contributed by atoms with Gasteiger partial charge in [-0.15, -0.1) is 0 Å². The Kier molecular flexibility index (Phi) is 6.45. The summed E-state index contributed by atoms with van der Waals surface area (Å²) in [5.74, 6) is 1.56. The zero-order valence-corrected chi connectivity index (χ0v) is 20.6. The van der Waals surface area contributed by atoms with Crippen LogP contribution in [0.1, 0.15) is 55.3 Å². The fourth-order valence-electron chi connectivity index (χ4n) is 5.90. The van der Waals surface area contributed by atoms with Gasteiger partial charge in [0.15, 0.2) is 0 Å². The Hall–Kier alpha value is -1.85. The molecule has 2 atom stereocenters. The molecule has 5 heteroatoms. The van der Waals surface area contributed by atoms with Crippen molar-refractivity contribution in [2.45, 2.75) is 52.4 Å². The molecular weight excluding hydrogens is 402 g/mol. The van der Waals surface area contributed by atoms with Crippen LogP contribution >= 0.6 is 12.2 Å². The molecule has 2 heterocycles. The molecule has 0 radical (unpaired) electrons. The molecular formula is C26H37N3OS. The van der Waals surface area contributed by atoms with Gasteiger partial charge in [0.25, 0.3) is 0 Å². The van der Waals surface area contributed by atoms with E-state index in [4.69, 9.17) is 17.0 Å². The first-order valence-corrected chi connectivity index (χ1v) is 12.2. The minimum atomic E-state index is 0.151. The van der Waals surface area contributed by atoms with Gasteiger partial charge < -0.3 is 19.5 Å². The van der Waals surface area contributed by atoms with E-state index in [0.717, 1.165) is 62.0 Å². The van der Waals surface area contributed by atoms with Crippen LogP contribution in [0.4, 0.5) is 0 Å². The molecule has 1 saturated heterocycles. The third kappa shape index (κ3) is 3.80. The van der Waals surface area contributed by atoms with Crippen molar-refractivity contribution < 1.29 is 4.74 Å². The average Bonchev–Trinajstić information content (AvgIpc) is 3.12. The largest absolute Gasteiger partial charge is 0.497 e. The van der Waals surface area contributed by atoms with Crippen LogP contribution in [0, 0.1) is 12.8 Å². The maximum atomic E-state index is 5.91. The highest BCUT2D eigenvalue weighted by Crippen LogP contribution is 2.49. The molecule has 2 aliphatic rings. The van der Waals surface area contributed by atoms with Crippen molar-refractivity contribution in [1.82, 2.24) is 14.8 Å². The average molecular weight is 440 g/mol. The normalized spacial score (nSPS) is 23.2. The molecule has 1 N–H and O–H groups in total. The van der Waals surface area contributed by atoms with Gasteiger partial charge in [-0.25, -0.2) is 0 Å². The van der Waals surface area contributed by atoms with Crippen LogP contribution in [-0.2, 0) is 18.3 Å². The molecule has 1 aromatic carbocycles. The van der Waals surface area contributed by atoms with Crippen molar-refractivity contribution in [2.24, 2.45) is 5.92 Å². The maximum absolute atomic E-state index is 5.91. The van der Waals surface area contributed by atoms with Crippen LogP contribution in [0.3, 0.4) is 0 Å². The first-order chi connectivity index (χ1) is 15.0. The van der Waals surface area contributed by atoms with Gasteiger partial charge in [-0.2, -0.15) is 0 Å². The molecule has 4 rings (SSSR count). The van der Waals surface area contributed by atoms with E-state index in [0.29, 0.717) is 5.92 Å². The second-order valence-electron chi connectivity index (χ2n) is 9.17. The number of likely N-dealkylation sites (tertiary alicyclic amines) is 1. The van der Waals surface area contributed by atoms with E-state index in [2.05, 4.69) is 66.7 Å². The quantitative estimate of drug-likeness (QED) is 0.660. The molecule has 4 nitrogen and oxygen atoms in total. The van der Waals surface area contributed by atoms with Gasteiger partial charge >= 0.3 is 0 Å². The molecule has 2 aromatic rings. The summed E-state index contributed by atoms with van der Waals surface area (Å²) < 4.78 is 5.60. The summed E-state index contributed by atoms with van der Waals surface area (Å²) in [5, 5.41) is 0. The monoisotopic (exact) mass is 439 g/mol. The Morgan fingerprint density at radius 1 is 1.29 bits per heavy atom. The number of nitrogens with one attached hydrogen (secondary N) is 1. The van der Waals surface area contributed by atoms with Crippen molar-refractivity contribution in [1.29, 1.82) is 0 Å². The van der Waals surface area contributed by atoms with E-state index in [1.807, 2.05) is 0 Å². The number of piperidine rings is 1. The van der Waals surface area contributed by atoms with E-state index < -0.39 is 0 Å². The molecule has 1 aliphatic carbocycles. The summed E-state index contributed by atoms with van der Waals surface area (Å²) in [5.41, 5.74) is 7.00. The lowest BCUT2D eigenvalue weighted by molar-refractivity contribution is 0.0849. The predicted molar refractivity (Wildman–Crippen MR) is 132 cm³/mol. The lowest BCUT2D eigenvalue weighted by Gasteiger charge is -2.51. The van der Waals surface area contributed by atoms with E-state index in [9.17, 15) is 0 Å². The topological polar surface area (TPSA) is 31.5 Å². The molecule has 0 saturated carbocycles. The highest BCUT2D eigenvalue weighted by Gasteiger charge is 2.48. The van der Waals surface area contributed by atoms with Gasteiger partial charge in [-0.1, -0.05) is 31.3 Å². The standard InChI is InChI=1S/C26H37N3OS/c1-6-28-13-12-26(19-10-9-11-21(14-19)30-5)16-23-22(15-20(26)17-28)18(4)24(27-23)25(31)29(7-2)8-3/h9-11,14,20,27H,6-8,12-13,15-17H2,1-5H3/t20-,26+/m0/s1. The van der Waals surface area contributed by atoms with E-state index in [1.54, 1.807) is 7.11 Å². The summed E-state index contributed by atoms with van der Waals surface area (Å²) in [6.07, 6.45) is 3.36. The number of methoxy groups -OCH3 is 1. The number of thiocarbonyl (C=S) groups is 1. The minimum absolute atomic E-state index is 0.151. The highest BCUT2D eigenvalue weighted by atomic mass is 32.1. The number of aromatic nitrogens is 1. The van der Waals surface area contributed by atoms with E-state index in [1.165, 1.54) is 28.8 Å². The van der Waals surface area contributed by atoms with Gasteiger partial charge in [0.05, 0.1) is 12.8 Å². The summed E-state index contributed by atoms with van der Waals surface area (Å²) in [4.78, 5) is 9.67. The molecule has 1 aliphatic heterocycles. The molecule has 1 aromatic heterocycles. The Bertz CT molecular complexity index is 948. The SMILES string of the molecule is CCN1CC[C@]2(c3cccc(OC)c3)Cc3[nH]c(C(=S)N(CC)CC)c(C)c3C[C@H]2C1. The molecule has 0 unspecified atom stereocenters. The molecule has 168 valence electrons. The zero-order chi connectivity index (χ0) is 22.2. The van der Waals surface area contributed by atoms with Gasteiger partial charge in [0.2, 0.25) is 0 Å². The molecule has 0 amide bonds. The number of rotatable bonds is 6. The molecule has 0 bridgehead atoms. The smallest absolute Gasteiger partial charge is 0.125 e. The second-order valence-corrected chi connectivity index (χ2v) is 9.56. The number of fused-ring (bicyclic) bond motifs is 2. The second kappa shape index (κ2) is 8.95. The fourth-order valence-corrected chi connectivity index (χ4v) is 6.37. The predicted octanol–water partition coefficient (Wildman–Crippen LogP) is 4.73. The van der Waals surface area contributed by atoms with Crippen LogP contribution in [0.15, 0.2) is 24.3 Å². The lowest BCUT2D eigenvalue weighted by Crippen LogP contribution is -2.53. The van der Waals surface area contributed by atoms with E-state index >= 15 is 0 Å². The summed E-state index contributed by atoms with van der Waals surface area (Å²) in [7, 11) is 1.77. The number of nitrogens with zero attached hydrogens (tertiary/aromatic N) is 2. The van der Waals surface area contributed by atoms with Crippen molar-refractivity contribution in [3.8, 4) is 5.75 Å². The molecule has 31 heavy (non-hydrogen) atoms. The van der Waals surface area contributed by atoms with Crippen LogP contribution in [0.2, 0.25) is 0 Å². The van der Waals surface area contributed by atoms with Crippen molar-refractivity contribution in [2.75, 3.05) is 39.8 Å². The lowest BCUT2D eigenvalue weighted by atomic mass is 9.58. The van der Waals surface area contributed by atoms with Gasteiger partial charge in [0, 0.05) is 30.7 Å². The number of aromatic amines is 1. The van der Waals surface area contributed by atoms with Crippen molar-refractivity contribution in [3.05, 3.63) is 52.3 Å². The summed E-state index contributed by atoms with van der Waals surface area (Å²) >= 11 is 5.91. The fraction of sp³-hybridized carbons (Fsp3) is 0.577. The van der Waals surface area contributed by atoms with Crippen molar-refractivity contribution in [3.63, 3.8) is 0 Å². The maximum Gasteiger partial charge on any atom is 0.125 e. The third-order valence-corrected chi connectivity index (χ3v) is 8.36. The van der Waals surface area contributed by atoms with Crippen LogP contribution < -0.4 is 4.74 Å². The van der Waals surface area contributed by atoms with E-state index in [-0.39, 0.29) is 5.41 Å². The van der Waals surface area contributed by atoms with Gasteiger partial charge in [0.1, 0.15) is 10.7 Å². The molecule has 0 spiro atoms. The van der Waals surface area contributed by atoms with Crippen LogP contribution in [0.5, 0.6) is 5.75 Å². The Morgan fingerprint density at radius 2 is 2.06 bits per heavy atom. The Labute approximate surface area is 193 Å². The van der Waals surface area contributed by atoms with Gasteiger partial charge in [-0.3, -0.25) is 0 Å². The first-order valence-electron chi connectivity index (χ1n) is 11.8. The number of hydrogen-bond donors (Lipinski definition) is 1. The molecule has 1 fully saturated rings. The Morgan fingerprint density at radius 3 is 2.74 bits per heavy atom. The van der Waals surface area contributed by atoms with Crippen LogP contribution in [0.25, 0.3) is 0 Å². The number of hydrogen-bond acceptors (Lipinski definition) is 3. The Balaban J connectivity index is 1.77. The zero-order valence-electron chi connectivity index (χ0n) is 19.8. The van der Waals surface area contributed by atoms with Crippen molar-refractivity contribution >= 4 is 17.2 Å². The number of H-pyrrole nitrogens is 1. The first kappa shape index (κ1) is 22.3. The van der Waals surface area contributed by atoms with Crippen LogP contribution in [-0.4, -0.2) is 59.6 Å². The number of benzene rings is 1. The summed E-state index contributed by atoms with van der Waals surface area (Å²) in [6, 6.07) is 8.81.